The maximum Gasteiger partial charge on any atom is 0.269 e. The Kier molecular flexibility index (Phi) is 3.40. The molecule has 0 heterocycles. The SMILES string of the molecule is C[S@@](=O)Cc1cc([N+](=O)[O-])ccc1C1(C(N)=O)CC1. The van der Waals surface area contributed by atoms with E-state index >= 15 is 0 Å². The summed E-state index contributed by atoms with van der Waals surface area (Å²) in [4.78, 5) is 21.8. The average Bonchev–Trinajstić information content (AvgIpc) is 3.09. The minimum atomic E-state index is -1.14. The highest BCUT2D eigenvalue weighted by atomic mass is 32.2. The van der Waals surface area contributed by atoms with Crippen molar-refractivity contribution < 1.29 is 13.9 Å². The van der Waals surface area contributed by atoms with Crippen LogP contribution in [-0.2, 0) is 26.8 Å². The van der Waals surface area contributed by atoms with Gasteiger partial charge in [0.25, 0.3) is 5.69 Å². The molecule has 19 heavy (non-hydrogen) atoms. The van der Waals surface area contributed by atoms with Crippen molar-refractivity contribution in [1.82, 2.24) is 0 Å². The van der Waals surface area contributed by atoms with Gasteiger partial charge in [-0.25, -0.2) is 0 Å². The largest absolute Gasteiger partial charge is 0.369 e. The highest BCUT2D eigenvalue weighted by Crippen LogP contribution is 2.49. The standard InChI is InChI=1S/C12H14N2O4S/c1-19(18)7-8-6-9(14(16)17)2-3-10(8)12(4-5-12)11(13)15/h2-3,6H,4-5,7H2,1H3,(H2,13,15)/t19-/m1/s1. The Morgan fingerprint density at radius 1 is 1.53 bits per heavy atom. The van der Waals surface area contributed by atoms with Gasteiger partial charge < -0.3 is 5.73 Å². The zero-order chi connectivity index (χ0) is 14.2. The van der Waals surface area contributed by atoms with E-state index < -0.39 is 27.0 Å². The summed E-state index contributed by atoms with van der Waals surface area (Å²) in [5.74, 6) is -0.240. The monoisotopic (exact) mass is 282 g/mol. The molecule has 1 aliphatic carbocycles. The molecule has 0 saturated heterocycles. The first kappa shape index (κ1) is 13.7. The molecule has 1 saturated carbocycles. The number of carbonyl (C=O) groups is 1. The molecule has 0 spiro atoms. The lowest BCUT2D eigenvalue weighted by Gasteiger charge is -2.15. The summed E-state index contributed by atoms with van der Waals surface area (Å²) in [5, 5.41) is 10.8. The van der Waals surface area contributed by atoms with Crippen molar-refractivity contribution >= 4 is 22.4 Å². The van der Waals surface area contributed by atoms with Crippen LogP contribution in [0.3, 0.4) is 0 Å². The second-order valence-electron chi connectivity index (χ2n) is 4.76. The zero-order valence-corrected chi connectivity index (χ0v) is 11.2. The Hall–Kier alpha value is -1.76. The molecule has 0 unspecified atom stereocenters. The molecule has 1 aromatic carbocycles. The van der Waals surface area contributed by atoms with Gasteiger partial charge in [-0.15, -0.1) is 0 Å². The normalized spacial score (nSPS) is 17.7. The lowest BCUT2D eigenvalue weighted by molar-refractivity contribution is -0.384. The van der Waals surface area contributed by atoms with E-state index in [1.165, 1.54) is 18.4 Å². The lowest BCUT2D eigenvalue weighted by atomic mass is 9.91. The zero-order valence-electron chi connectivity index (χ0n) is 10.4. The van der Waals surface area contributed by atoms with Crippen LogP contribution in [0.15, 0.2) is 18.2 Å². The van der Waals surface area contributed by atoms with Crippen LogP contribution >= 0.6 is 0 Å². The number of non-ortho nitro benzene ring substituents is 1. The quantitative estimate of drug-likeness (QED) is 0.642. The maximum atomic E-state index is 11.6. The molecule has 1 atom stereocenters. The summed E-state index contributed by atoms with van der Waals surface area (Å²) in [5.41, 5.74) is 5.89. The summed E-state index contributed by atoms with van der Waals surface area (Å²) >= 11 is 0. The number of rotatable bonds is 5. The fraction of sp³-hybridized carbons (Fsp3) is 0.417. The van der Waals surface area contributed by atoms with Crippen molar-refractivity contribution in [2.24, 2.45) is 5.73 Å². The highest BCUT2D eigenvalue weighted by Gasteiger charge is 2.51. The topological polar surface area (TPSA) is 103 Å². The third kappa shape index (κ3) is 2.51. The minimum Gasteiger partial charge on any atom is -0.369 e. The Morgan fingerprint density at radius 3 is 2.58 bits per heavy atom. The Bertz CT molecular complexity index is 581. The highest BCUT2D eigenvalue weighted by molar-refractivity contribution is 7.83. The number of hydrogen-bond donors (Lipinski definition) is 1. The van der Waals surface area contributed by atoms with Gasteiger partial charge in [0.15, 0.2) is 0 Å². The van der Waals surface area contributed by atoms with E-state index in [1.54, 1.807) is 6.07 Å². The number of hydrogen-bond acceptors (Lipinski definition) is 4. The van der Waals surface area contributed by atoms with Crippen molar-refractivity contribution in [3.63, 3.8) is 0 Å². The number of nitrogens with two attached hydrogens (primary N) is 1. The molecule has 1 amide bonds. The Balaban J connectivity index is 2.51. The van der Waals surface area contributed by atoms with Crippen molar-refractivity contribution in [2.45, 2.75) is 24.0 Å². The molecule has 102 valence electrons. The van der Waals surface area contributed by atoms with E-state index in [9.17, 15) is 19.1 Å². The van der Waals surface area contributed by atoms with Gasteiger partial charge in [-0.3, -0.25) is 19.1 Å². The van der Waals surface area contributed by atoms with Gasteiger partial charge in [-0.1, -0.05) is 6.07 Å². The number of nitro benzene ring substituents is 1. The van der Waals surface area contributed by atoms with E-state index in [1.807, 2.05) is 0 Å². The molecule has 1 fully saturated rings. The molecule has 7 heteroatoms. The van der Waals surface area contributed by atoms with Crippen LogP contribution in [0.5, 0.6) is 0 Å². The van der Waals surface area contributed by atoms with E-state index in [0.29, 0.717) is 24.0 Å². The summed E-state index contributed by atoms with van der Waals surface area (Å²) < 4.78 is 11.4. The van der Waals surface area contributed by atoms with Crippen molar-refractivity contribution in [3.05, 3.63) is 39.4 Å². The lowest BCUT2D eigenvalue weighted by Crippen LogP contribution is -2.29. The minimum absolute atomic E-state index is 0.0653. The van der Waals surface area contributed by atoms with E-state index in [4.69, 9.17) is 5.73 Å². The van der Waals surface area contributed by atoms with E-state index in [2.05, 4.69) is 0 Å². The number of carbonyl (C=O) groups excluding carboxylic acids is 1. The van der Waals surface area contributed by atoms with Crippen LogP contribution in [-0.4, -0.2) is 21.3 Å². The summed E-state index contributed by atoms with van der Waals surface area (Å²) in [7, 11) is -1.14. The van der Waals surface area contributed by atoms with E-state index in [-0.39, 0.29) is 11.4 Å². The summed E-state index contributed by atoms with van der Waals surface area (Å²) in [6.45, 7) is 0. The number of amides is 1. The maximum absolute atomic E-state index is 11.6. The Morgan fingerprint density at radius 2 is 2.16 bits per heavy atom. The molecule has 2 N–H and O–H groups in total. The average molecular weight is 282 g/mol. The van der Waals surface area contributed by atoms with Crippen LogP contribution < -0.4 is 5.73 Å². The van der Waals surface area contributed by atoms with Crippen molar-refractivity contribution in [2.75, 3.05) is 6.26 Å². The predicted molar refractivity (Wildman–Crippen MR) is 71.0 cm³/mol. The number of nitro groups is 1. The molecule has 1 aliphatic rings. The van der Waals surface area contributed by atoms with E-state index in [0.717, 1.165) is 0 Å². The van der Waals surface area contributed by atoms with Gasteiger partial charge in [0.2, 0.25) is 5.91 Å². The number of nitrogens with zero attached hydrogens (tertiary/aromatic N) is 1. The summed E-state index contributed by atoms with van der Waals surface area (Å²) in [6.07, 6.45) is 2.80. The van der Waals surface area contributed by atoms with Gasteiger partial charge in [-0.05, 0) is 24.0 Å². The molecule has 2 rings (SSSR count). The van der Waals surface area contributed by atoms with Crippen molar-refractivity contribution in [1.29, 1.82) is 0 Å². The molecular weight excluding hydrogens is 268 g/mol. The number of benzene rings is 1. The predicted octanol–water partition coefficient (Wildman–Crippen LogP) is 0.990. The third-order valence-corrected chi connectivity index (χ3v) is 4.11. The van der Waals surface area contributed by atoms with Crippen LogP contribution in [0, 0.1) is 10.1 Å². The van der Waals surface area contributed by atoms with Gasteiger partial charge in [-0.2, -0.15) is 0 Å². The third-order valence-electron chi connectivity index (χ3n) is 3.40. The first-order valence-electron chi connectivity index (χ1n) is 5.74. The Labute approximate surface area is 112 Å². The molecule has 6 nitrogen and oxygen atoms in total. The van der Waals surface area contributed by atoms with Gasteiger partial charge in [0.1, 0.15) is 0 Å². The van der Waals surface area contributed by atoms with Crippen molar-refractivity contribution in [3.8, 4) is 0 Å². The molecule has 0 bridgehead atoms. The first-order valence-corrected chi connectivity index (χ1v) is 7.47. The molecule has 0 aromatic heterocycles. The molecule has 0 aliphatic heterocycles. The van der Waals surface area contributed by atoms with Crippen LogP contribution in [0.25, 0.3) is 0 Å². The molecular formula is C12H14N2O4S. The smallest absolute Gasteiger partial charge is 0.269 e. The molecule has 1 aromatic rings. The van der Waals surface area contributed by atoms with Gasteiger partial charge >= 0.3 is 0 Å². The summed E-state index contributed by atoms with van der Waals surface area (Å²) in [6, 6.07) is 4.32. The molecule has 0 radical (unpaired) electrons. The second-order valence-corrected chi connectivity index (χ2v) is 6.20. The fourth-order valence-electron chi connectivity index (χ4n) is 2.27. The van der Waals surface area contributed by atoms with Crippen LogP contribution in [0.2, 0.25) is 0 Å². The van der Waals surface area contributed by atoms with Gasteiger partial charge in [0.05, 0.1) is 10.3 Å². The van der Waals surface area contributed by atoms with Crippen LogP contribution in [0.4, 0.5) is 5.69 Å². The fourth-order valence-corrected chi connectivity index (χ4v) is 2.95. The van der Waals surface area contributed by atoms with Crippen LogP contribution in [0.1, 0.15) is 24.0 Å². The second kappa shape index (κ2) is 4.73. The first-order chi connectivity index (χ1) is 8.86. The van der Waals surface area contributed by atoms with Gasteiger partial charge in [0, 0.05) is 34.9 Å². The number of primary amides is 1.